The summed E-state index contributed by atoms with van der Waals surface area (Å²) >= 11 is 0. The lowest BCUT2D eigenvalue weighted by atomic mass is 10.1. The third kappa shape index (κ3) is 3.52. The Morgan fingerprint density at radius 3 is 2.63 bits per heavy atom. The highest BCUT2D eigenvalue weighted by molar-refractivity contribution is 6.05. The fourth-order valence-electron chi connectivity index (χ4n) is 3.65. The highest BCUT2D eigenvalue weighted by atomic mass is 16.2. The molecule has 2 aliphatic rings. The fourth-order valence-corrected chi connectivity index (χ4v) is 3.65. The number of nitrogens with one attached hydrogen (secondary N) is 3. The number of nitrogens with zero attached hydrogens (tertiary/aromatic N) is 3. The zero-order valence-corrected chi connectivity index (χ0v) is 16.6. The van der Waals surface area contributed by atoms with Crippen LogP contribution in [0.4, 0.5) is 16.2 Å². The molecule has 3 amide bonds. The number of H-pyrrole nitrogens is 1. The van der Waals surface area contributed by atoms with Gasteiger partial charge in [-0.1, -0.05) is 0 Å². The monoisotopic (exact) mass is 402 g/mol. The topological polar surface area (TPSA) is 103 Å². The Kier molecular flexibility index (Phi) is 4.46. The van der Waals surface area contributed by atoms with Crippen molar-refractivity contribution in [3.63, 3.8) is 0 Å². The molecule has 2 aromatic carbocycles. The Balaban J connectivity index is 1.27. The molecule has 0 atom stereocenters. The molecule has 3 N–H and O–H groups in total. The number of anilines is 2. The van der Waals surface area contributed by atoms with Crippen LogP contribution >= 0.6 is 0 Å². The number of aromatic nitrogens is 3. The number of carbonyl (C=O) groups is 2. The minimum atomic E-state index is -0.197. The quantitative estimate of drug-likeness (QED) is 0.608. The highest BCUT2D eigenvalue weighted by Crippen LogP contribution is 2.38. The molecule has 1 saturated heterocycles. The summed E-state index contributed by atoms with van der Waals surface area (Å²) in [6.45, 7) is 3.16. The zero-order chi connectivity index (χ0) is 20.7. The maximum Gasteiger partial charge on any atom is 0.322 e. The van der Waals surface area contributed by atoms with Crippen LogP contribution in [0.3, 0.4) is 0 Å². The molecule has 2 heterocycles. The molecule has 8 nitrogen and oxygen atoms in total. The molecule has 3 aromatic rings. The predicted octanol–water partition coefficient (Wildman–Crippen LogP) is 3.44. The molecule has 0 radical (unpaired) electrons. The number of hydrogen-bond acceptors (Lipinski definition) is 4. The zero-order valence-electron chi connectivity index (χ0n) is 16.6. The van der Waals surface area contributed by atoms with E-state index in [1.54, 1.807) is 17.0 Å². The van der Waals surface area contributed by atoms with Gasteiger partial charge in [-0.2, -0.15) is 5.10 Å². The second-order valence-corrected chi connectivity index (χ2v) is 7.73. The van der Waals surface area contributed by atoms with Gasteiger partial charge in [0.1, 0.15) is 5.82 Å². The Labute approximate surface area is 173 Å². The summed E-state index contributed by atoms with van der Waals surface area (Å²) in [7, 11) is 0. The molecular weight excluding hydrogens is 380 g/mol. The molecule has 1 aliphatic heterocycles. The summed E-state index contributed by atoms with van der Waals surface area (Å²) < 4.78 is 0. The van der Waals surface area contributed by atoms with Gasteiger partial charge in [-0.25, -0.2) is 9.78 Å². The predicted molar refractivity (Wildman–Crippen MR) is 114 cm³/mol. The fraction of sp³-hybridized carbons (Fsp3) is 0.273. The first-order valence-electron chi connectivity index (χ1n) is 10.1. The number of aromatic amines is 1. The van der Waals surface area contributed by atoms with Gasteiger partial charge < -0.3 is 10.6 Å². The van der Waals surface area contributed by atoms with Crippen LogP contribution in [0.2, 0.25) is 0 Å². The Morgan fingerprint density at radius 1 is 1.17 bits per heavy atom. The average molecular weight is 402 g/mol. The second-order valence-electron chi connectivity index (χ2n) is 7.73. The SMILES string of the molecule is Cc1cc(C(=O)Nc2ccc(-c3n[nH]c(C4CC4)n3)cc2)ccc1N1CCNC1=O. The van der Waals surface area contributed by atoms with Crippen LogP contribution < -0.4 is 15.5 Å². The summed E-state index contributed by atoms with van der Waals surface area (Å²) in [5, 5.41) is 13.0. The maximum absolute atomic E-state index is 12.7. The molecule has 1 aliphatic carbocycles. The van der Waals surface area contributed by atoms with Gasteiger partial charge in [-0.05, 0) is 67.8 Å². The molecule has 30 heavy (non-hydrogen) atoms. The van der Waals surface area contributed by atoms with Gasteiger partial charge in [0.2, 0.25) is 0 Å². The highest BCUT2D eigenvalue weighted by Gasteiger charge is 2.27. The van der Waals surface area contributed by atoms with Crippen molar-refractivity contribution in [3.8, 4) is 11.4 Å². The lowest BCUT2D eigenvalue weighted by molar-refractivity contribution is 0.102. The van der Waals surface area contributed by atoms with E-state index in [0.29, 0.717) is 36.1 Å². The molecule has 152 valence electrons. The lowest BCUT2D eigenvalue weighted by Crippen LogP contribution is -2.28. The van der Waals surface area contributed by atoms with Crippen LogP contribution in [-0.2, 0) is 0 Å². The van der Waals surface area contributed by atoms with Crippen LogP contribution in [0.1, 0.15) is 40.5 Å². The van der Waals surface area contributed by atoms with E-state index in [4.69, 9.17) is 0 Å². The molecule has 5 rings (SSSR count). The Bertz CT molecular complexity index is 1120. The number of amides is 3. The largest absolute Gasteiger partial charge is 0.336 e. The van der Waals surface area contributed by atoms with E-state index >= 15 is 0 Å². The normalized spacial score (nSPS) is 15.9. The van der Waals surface area contributed by atoms with Crippen molar-refractivity contribution >= 4 is 23.3 Å². The third-order valence-electron chi connectivity index (χ3n) is 5.47. The molecule has 0 bridgehead atoms. The maximum atomic E-state index is 12.7. The summed E-state index contributed by atoms with van der Waals surface area (Å²) in [6.07, 6.45) is 2.34. The van der Waals surface area contributed by atoms with Crippen molar-refractivity contribution in [1.82, 2.24) is 20.5 Å². The van der Waals surface area contributed by atoms with E-state index in [9.17, 15) is 9.59 Å². The van der Waals surface area contributed by atoms with Crippen LogP contribution in [0.5, 0.6) is 0 Å². The Hall–Kier alpha value is -3.68. The number of benzene rings is 2. The van der Waals surface area contributed by atoms with E-state index in [1.165, 1.54) is 12.8 Å². The average Bonchev–Trinajstić information content (AvgIpc) is 3.32. The molecule has 0 unspecified atom stereocenters. The van der Waals surface area contributed by atoms with E-state index < -0.39 is 0 Å². The van der Waals surface area contributed by atoms with Gasteiger partial charge >= 0.3 is 6.03 Å². The minimum absolute atomic E-state index is 0.106. The van der Waals surface area contributed by atoms with Gasteiger partial charge in [0.15, 0.2) is 5.82 Å². The van der Waals surface area contributed by atoms with E-state index in [0.717, 1.165) is 22.6 Å². The van der Waals surface area contributed by atoms with Crippen molar-refractivity contribution in [3.05, 3.63) is 59.4 Å². The van der Waals surface area contributed by atoms with Gasteiger partial charge in [0.25, 0.3) is 5.91 Å². The summed E-state index contributed by atoms with van der Waals surface area (Å²) in [5.74, 6) is 1.95. The summed E-state index contributed by atoms with van der Waals surface area (Å²) in [5.41, 5.74) is 3.85. The summed E-state index contributed by atoms with van der Waals surface area (Å²) in [6, 6.07) is 12.7. The molecule has 1 aromatic heterocycles. The van der Waals surface area contributed by atoms with E-state index in [2.05, 4.69) is 25.8 Å². The van der Waals surface area contributed by atoms with Crippen molar-refractivity contribution in [2.24, 2.45) is 0 Å². The number of rotatable bonds is 5. The van der Waals surface area contributed by atoms with Crippen molar-refractivity contribution < 1.29 is 9.59 Å². The van der Waals surface area contributed by atoms with Crippen LogP contribution in [0.25, 0.3) is 11.4 Å². The van der Waals surface area contributed by atoms with Crippen LogP contribution in [-0.4, -0.2) is 40.2 Å². The van der Waals surface area contributed by atoms with E-state index in [-0.39, 0.29) is 11.9 Å². The number of urea groups is 1. The number of carbonyl (C=O) groups excluding carboxylic acids is 2. The van der Waals surface area contributed by atoms with Crippen molar-refractivity contribution in [2.75, 3.05) is 23.3 Å². The Morgan fingerprint density at radius 2 is 1.97 bits per heavy atom. The smallest absolute Gasteiger partial charge is 0.322 e. The third-order valence-corrected chi connectivity index (χ3v) is 5.47. The van der Waals surface area contributed by atoms with Crippen LogP contribution in [0, 0.1) is 6.92 Å². The van der Waals surface area contributed by atoms with Crippen molar-refractivity contribution in [2.45, 2.75) is 25.7 Å². The van der Waals surface area contributed by atoms with Crippen molar-refractivity contribution in [1.29, 1.82) is 0 Å². The first-order valence-corrected chi connectivity index (χ1v) is 10.1. The second kappa shape index (κ2) is 7.29. The first-order chi connectivity index (χ1) is 14.6. The number of aryl methyl sites for hydroxylation is 1. The van der Waals surface area contributed by atoms with Gasteiger partial charge in [-0.3, -0.25) is 14.8 Å². The van der Waals surface area contributed by atoms with E-state index in [1.807, 2.05) is 37.3 Å². The van der Waals surface area contributed by atoms with Gasteiger partial charge in [-0.15, -0.1) is 0 Å². The molecule has 0 spiro atoms. The lowest BCUT2D eigenvalue weighted by Gasteiger charge is -2.17. The van der Waals surface area contributed by atoms with Crippen LogP contribution in [0.15, 0.2) is 42.5 Å². The molecule has 8 heteroatoms. The molecular formula is C22H22N6O2. The van der Waals surface area contributed by atoms with Gasteiger partial charge in [0, 0.05) is 41.5 Å². The van der Waals surface area contributed by atoms with Gasteiger partial charge in [0.05, 0.1) is 0 Å². The first kappa shape index (κ1) is 18.4. The summed E-state index contributed by atoms with van der Waals surface area (Å²) in [4.78, 5) is 30.8. The standard InChI is InChI=1S/C22H22N6O2/c1-13-12-16(6-9-18(13)28-11-10-23-22(28)30)21(29)24-17-7-4-15(5-8-17)20-25-19(26-27-20)14-2-3-14/h4-9,12,14H,2-3,10-11H2,1H3,(H,23,30)(H,24,29)(H,25,26,27). The minimum Gasteiger partial charge on any atom is -0.336 e. The number of hydrogen-bond donors (Lipinski definition) is 3. The molecule has 1 saturated carbocycles. The molecule has 2 fully saturated rings.